The number of primary amides is 1. The maximum absolute atomic E-state index is 12.8. The summed E-state index contributed by atoms with van der Waals surface area (Å²) >= 11 is 6.25. The molecule has 4 nitrogen and oxygen atoms in total. The molecule has 1 aliphatic heterocycles. The smallest absolute Gasteiger partial charge is 0.266 e. The quantitative estimate of drug-likeness (QED) is 0.681. The molecule has 1 saturated heterocycles. The summed E-state index contributed by atoms with van der Waals surface area (Å²) < 4.78 is 13.2. The average Bonchev–Trinajstić information content (AvgIpc) is 2.65. The van der Waals surface area contributed by atoms with Gasteiger partial charge in [0.25, 0.3) is 5.91 Å². The second kappa shape index (κ2) is 6.15. The third-order valence-corrected chi connectivity index (χ3v) is 4.00. The predicted molar refractivity (Wildman–Crippen MR) is 80.1 cm³/mol. The summed E-state index contributed by atoms with van der Waals surface area (Å²) in [5.74, 6) is -1.08. The third kappa shape index (κ3) is 3.43. The lowest BCUT2D eigenvalue weighted by Gasteiger charge is -2.12. The highest BCUT2D eigenvalue weighted by atomic mass is 32.2. The molecule has 0 unspecified atom stereocenters. The molecular formula is C13H11FN2O2S2. The first-order chi connectivity index (χ1) is 9.47. The van der Waals surface area contributed by atoms with Crippen LogP contribution < -0.4 is 5.73 Å². The second-order valence-corrected chi connectivity index (χ2v) is 5.78. The zero-order chi connectivity index (χ0) is 14.7. The Morgan fingerprint density at radius 2 is 2.05 bits per heavy atom. The minimum atomic E-state index is -0.485. The molecule has 0 atom stereocenters. The van der Waals surface area contributed by atoms with Crippen LogP contribution in [0.2, 0.25) is 0 Å². The van der Waals surface area contributed by atoms with Gasteiger partial charge in [-0.1, -0.05) is 36.1 Å². The van der Waals surface area contributed by atoms with E-state index in [1.54, 1.807) is 18.2 Å². The van der Waals surface area contributed by atoms with Gasteiger partial charge < -0.3 is 5.73 Å². The SMILES string of the molecule is NC(=O)CCN1C(=O)C(=Cc2ccc(F)cc2)SC1=S. The molecule has 104 valence electrons. The molecule has 0 saturated carbocycles. The number of halogens is 1. The van der Waals surface area contributed by atoms with Gasteiger partial charge in [-0.05, 0) is 23.8 Å². The van der Waals surface area contributed by atoms with Gasteiger partial charge in [-0.25, -0.2) is 4.39 Å². The zero-order valence-electron chi connectivity index (χ0n) is 10.3. The number of thioether (sulfide) groups is 1. The standard InChI is InChI=1S/C13H11FN2O2S2/c14-9-3-1-8(2-4-9)7-10-12(18)16(13(19)20-10)6-5-11(15)17/h1-4,7H,5-6H2,(H2,15,17). The molecular weight excluding hydrogens is 299 g/mol. The summed E-state index contributed by atoms with van der Waals surface area (Å²) in [7, 11) is 0. The van der Waals surface area contributed by atoms with Gasteiger partial charge in [0.15, 0.2) is 0 Å². The van der Waals surface area contributed by atoms with Crippen molar-refractivity contribution in [3.63, 3.8) is 0 Å². The van der Waals surface area contributed by atoms with E-state index in [4.69, 9.17) is 18.0 Å². The number of thiocarbonyl (C=S) groups is 1. The van der Waals surface area contributed by atoms with Crippen LogP contribution in [0, 0.1) is 5.82 Å². The largest absolute Gasteiger partial charge is 0.370 e. The Morgan fingerprint density at radius 3 is 2.65 bits per heavy atom. The fourth-order valence-corrected chi connectivity index (χ4v) is 2.93. The summed E-state index contributed by atoms with van der Waals surface area (Å²) in [6.07, 6.45) is 1.71. The molecule has 2 N–H and O–H groups in total. The molecule has 2 rings (SSSR count). The number of benzene rings is 1. The summed E-state index contributed by atoms with van der Waals surface area (Å²) in [6, 6.07) is 5.79. The van der Waals surface area contributed by atoms with Gasteiger partial charge in [0.05, 0.1) is 4.91 Å². The van der Waals surface area contributed by atoms with Crippen LogP contribution in [0.4, 0.5) is 4.39 Å². The van der Waals surface area contributed by atoms with Crippen LogP contribution in [0.15, 0.2) is 29.2 Å². The number of nitrogens with two attached hydrogens (primary N) is 1. The highest BCUT2D eigenvalue weighted by Crippen LogP contribution is 2.32. The van der Waals surface area contributed by atoms with Crippen molar-refractivity contribution in [2.24, 2.45) is 5.73 Å². The minimum absolute atomic E-state index is 0.0657. The highest BCUT2D eigenvalue weighted by Gasteiger charge is 2.31. The summed E-state index contributed by atoms with van der Waals surface area (Å²) in [4.78, 5) is 24.7. The van der Waals surface area contributed by atoms with Gasteiger partial charge in [-0.2, -0.15) is 0 Å². The molecule has 0 radical (unpaired) electrons. The van der Waals surface area contributed by atoms with Gasteiger partial charge in [0, 0.05) is 13.0 Å². The van der Waals surface area contributed by atoms with Crippen molar-refractivity contribution < 1.29 is 14.0 Å². The fourth-order valence-electron chi connectivity index (χ4n) is 1.63. The van der Waals surface area contributed by atoms with Crippen LogP contribution in [0.1, 0.15) is 12.0 Å². The minimum Gasteiger partial charge on any atom is -0.370 e. The van der Waals surface area contributed by atoms with Crippen molar-refractivity contribution in [3.8, 4) is 0 Å². The van der Waals surface area contributed by atoms with Crippen LogP contribution in [-0.4, -0.2) is 27.6 Å². The first-order valence-electron chi connectivity index (χ1n) is 5.76. The lowest BCUT2D eigenvalue weighted by atomic mass is 10.2. The van der Waals surface area contributed by atoms with Crippen molar-refractivity contribution in [3.05, 3.63) is 40.6 Å². The monoisotopic (exact) mass is 310 g/mol. The number of nitrogens with zero attached hydrogens (tertiary/aromatic N) is 1. The van der Waals surface area contributed by atoms with Crippen molar-refractivity contribution >= 4 is 46.2 Å². The predicted octanol–water partition coefficient (Wildman–Crippen LogP) is 1.90. The lowest BCUT2D eigenvalue weighted by Crippen LogP contribution is -2.31. The van der Waals surface area contributed by atoms with Crippen LogP contribution in [-0.2, 0) is 9.59 Å². The number of amides is 2. The van der Waals surface area contributed by atoms with E-state index in [0.29, 0.717) is 14.8 Å². The van der Waals surface area contributed by atoms with Gasteiger partial charge in [-0.15, -0.1) is 0 Å². The normalized spacial score (nSPS) is 17.1. The molecule has 1 aliphatic rings. The Bertz CT molecular complexity index is 599. The van der Waals surface area contributed by atoms with Crippen molar-refractivity contribution in [1.29, 1.82) is 0 Å². The van der Waals surface area contributed by atoms with E-state index in [2.05, 4.69) is 0 Å². The van der Waals surface area contributed by atoms with Crippen molar-refractivity contribution in [2.45, 2.75) is 6.42 Å². The molecule has 0 aromatic heterocycles. The first-order valence-corrected chi connectivity index (χ1v) is 6.99. The number of carbonyl (C=O) groups excluding carboxylic acids is 2. The number of hydrogen-bond donors (Lipinski definition) is 1. The van der Waals surface area contributed by atoms with E-state index < -0.39 is 5.91 Å². The van der Waals surface area contributed by atoms with Crippen molar-refractivity contribution in [1.82, 2.24) is 4.90 Å². The van der Waals surface area contributed by atoms with Crippen molar-refractivity contribution in [2.75, 3.05) is 6.54 Å². The maximum atomic E-state index is 12.8. The van der Waals surface area contributed by atoms with Gasteiger partial charge in [-0.3, -0.25) is 14.5 Å². The molecule has 0 aliphatic carbocycles. The highest BCUT2D eigenvalue weighted by molar-refractivity contribution is 8.26. The van der Waals surface area contributed by atoms with Crippen LogP contribution in [0.25, 0.3) is 6.08 Å². The summed E-state index contributed by atoms with van der Waals surface area (Å²) in [6.45, 7) is 0.181. The van der Waals surface area contributed by atoms with E-state index in [1.807, 2.05) is 0 Å². The summed E-state index contributed by atoms with van der Waals surface area (Å²) in [5, 5.41) is 0. The molecule has 2 amide bonds. The number of carbonyl (C=O) groups is 2. The van der Waals surface area contributed by atoms with Gasteiger partial charge >= 0.3 is 0 Å². The molecule has 0 bridgehead atoms. The molecule has 7 heteroatoms. The van der Waals surface area contributed by atoms with Crippen LogP contribution in [0.3, 0.4) is 0 Å². The van der Waals surface area contributed by atoms with Gasteiger partial charge in [0.1, 0.15) is 10.1 Å². The molecule has 20 heavy (non-hydrogen) atoms. The molecule has 1 fully saturated rings. The van der Waals surface area contributed by atoms with E-state index in [-0.39, 0.29) is 24.7 Å². The molecule has 1 heterocycles. The Kier molecular flexibility index (Phi) is 4.51. The summed E-state index contributed by atoms with van der Waals surface area (Å²) in [5.41, 5.74) is 5.77. The molecule has 1 aromatic carbocycles. The van der Waals surface area contributed by atoms with E-state index in [9.17, 15) is 14.0 Å². The lowest BCUT2D eigenvalue weighted by molar-refractivity contribution is -0.123. The molecule has 1 aromatic rings. The second-order valence-electron chi connectivity index (χ2n) is 4.10. The number of hydrogen-bond acceptors (Lipinski definition) is 4. The Hall–Kier alpha value is -1.73. The van der Waals surface area contributed by atoms with Crippen LogP contribution >= 0.6 is 24.0 Å². The van der Waals surface area contributed by atoms with E-state index in [0.717, 1.165) is 11.8 Å². The van der Waals surface area contributed by atoms with Crippen LogP contribution in [0.5, 0.6) is 0 Å². The third-order valence-electron chi connectivity index (χ3n) is 2.62. The number of rotatable bonds is 4. The average molecular weight is 310 g/mol. The first kappa shape index (κ1) is 14.7. The molecule has 0 spiro atoms. The Morgan fingerprint density at radius 1 is 1.40 bits per heavy atom. The Labute approximate surface area is 124 Å². The topological polar surface area (TPSA) is 63.4 Å². The maximum Gasteiger partial charge on any atom is 0.266 e. The van der Waals surface area contributed by atoms with E-state index >= 15 is 0 Å². The zero-order valence-corrected chi connectivity index (χ0v) is 12.0. The fraction of sp³-hybridized carbons (Fsp3) is 0.154. The Balaban J connectivity index is 2.14. The van der Waals surface area contributed by atoms with E-state index in [1.165, 1.54) is 17.0 Å². The van der Waals surface area contributed by atoms with Gasteiger partial charge in [0.2, 0.25) is 5.91 Å².